The summed E-state index contributed by atoms with van der Waals surface area (Å²) < 4.78 is 3.52. The van der Waals surface area contributed by atoms with Crippen molar-refractivity contribution < 1.29 is 4.79 Å². The van der Waals surface area contributed by atoms with Crippen molar-refractivity contribution in [3.8, 4) is 16.3 Å². The van der Waals surface area contributed by atoms with Crippen molar-refractivity contribution in [3.63, 3.8) is 0 Å². The topological polar surface area (TPSA) is 77.6 Å². The van der Waals surface area contributed by atoms with E-state index in [1.54, 1.807) is 33.2 Å². The summed E-state index contributed by atoms with van der Waals surface area (Å²) in [6.45, 7) is 1.10. The molecule has 32 heavy (non-hydrogen) atoms. The summed E-state index contributed by atoms with van der Waals surface area (Å²) in [7, 11) is 0. The number of carbonyl (C=O) groups excluding carboxylic acids is 1. The van der Waals surface area contributed by atoms with E-state index >= 15 is 0 Å². The molecule has 0 spiro atoms. The zero-order chi connectivity index (χ0) is 21.8. The van der Waals surface area contributed by atoms with E-state index in [2.05, 4.69) is 15.4 Å². The second-order valence-corrected chi connectivity index (χ2v) is 8.19. The Bertz CT molecular complexity index is 1290. The van der Waals surface area contributed by atoms with Crippen LogP contribution in [0.3, 0.4) is 0 Å². The van der Waals surface area contributed by atoms with Crippen LogP contribution in [0.1, 0.15) is 21.5 Å². The molecular formula is C24H20N6OS. The van der Waals surface area contributed by atoms with Gasteiger partial charge in [-0.05, 0) is 34.7 Å². The van der Waals surface area contributed by atoms with Gasteiger partial charge in [0.25, 0.3) is 5.91 Å². The van der Waals surface area contributed by atoms with Crippen molar-refractivity contribution in [1.82, 2.24) is 29.9 Å². The van der Waals surface area contributed by atoms with Gasteiger partial charge in [-0.25, -0.2) is 14.3 Å². The lowest BCUT2D eigenvalue weighted by Gasteiger charge is -2.07. The first-order valence-electron chi connectivity index (χ1n) is 10.1. The lowest BCUT2D eigenvalue weighted by Crippen LogP contribution is -2.23. The zero-order valence-corrected chi connectivity index (χ0v) is 17.9. The molecule has 0 atom stereocenters. The molecule has 0 saturated heterocycles. The Balaban J connectivity index is 1.32. The molecular weight excluding hydrogens is 420 g/mol. The number of amides is 1. The van der Waals surface area contributed by atoms with Gasteiger partial charge in [0.05, 0.1) is 22.7 Å². The van der Waals surface area contributed by atoms with Gasteiger partial charge in [0.15, 0.2) is 0 Å². The Morgan fingerprint density at radius 2 is 1.78 bits per heavy atom. The summed E-state index contributed by atoms with van der Waals surface area (Å²) in [6, 6.07) is 21.8. The molecule has 7 nitrogen and oxygen atoms in total. The van der Waals surface area contributed by atoms with Gasteiger partial charge in [0, 0.05) is 12.7 Å². The summed E-state index contributed by atoms with van der Waals surface area (Å²) >= 11 is 1.57. The van der Waals surface area contributed by atoms with Crippen LogP contribution in [0.5, 0.6) is 0 Å². The second-order valence-electron chi connectivity index (χ2n) is 7.24. The minimum Gasteiger partial charge on any atom is -0.348 e. The van der Waals surface area contributed by atoms with Crippen LogP contribution in [0, 0.1) is 0 Å². The van der Waals surface area contributed by atoms with Gasteiger partial charge in [-0.3, -0.25) is 4.79 Å². The van der Waals surface area contributed by atoms with Crippen molar-refractivity contribution in [2.24, 2.45) is 0 Å². The molecule has 0 radical (unpaired) electrons. The molecule has 3 aromatic heterocycles. The summed E-state index contributed by atoms with van der Waals surface area (Å²) in [6.07, 6.45) is 5.00. The average molecular weight is 441 g/mol. The van der Waals surface area contributed by atoms with Crippen molar-refractivity contribution >= 4 is 17.2 Å². The Morgan fingerprint density at radius 1 is 0.969 bits per heavy atom. The largest absolute Gasteiger partial charge is 0.348 e. The van der Waals surface area contributed by atoms with Crippen LogP contribution >= 0.6 is 11.3 Å². The fourth-order valence-corrected chi connectivity index (χ4v) is 4.11. The smallest absolute Gasteiger partial charge is 0.255 e. The second kappa shape index (κ2) is 8.99. The molecule has 0 bridgehead atoms. The van der Waals surface area contributed by atoms with E-state index in [0.717, 1.165) is 21.7 Å². The molecule has 1 N–H and O–H groups in total. The molecule has 5 rings (SSSR count). The maximum atomic E-state index is 13.1. The fraction of sp³-hybridized carbons (Fsp3) is 0.0833. The van der Waals surface area contributed by atoms with Gasteiger partial charge in [-0.2, -0.15) is 10.2 Å². The molecule has 2 aromatic carbocycles. The van der Waals surface area contributed by atoms with E-state index in [9.17, 15) is 4.79 Å². The van der Waals surface area contributed by atoms with E-state index < -0.39 is 0 Å². The van der Waals surface area contributed by atoms with Crippen molar-refractivity contribution in [1.29, 1.82) is 0 Å². The maximum Gasteiger partial charge on any atom is 0.255 e. The number of rotatable bonds is 7. The average Bonchev–Trinajstić information content (AvgIpc) is 3.60. The van der Waals surface area contributed by atoms with Crippen LogP contribution in [0.2, 0.25) is 0 Å². The number of carbonyl (C=O) groups is 1. The first kappa shape index (κ1) is 19.9. The maximum absolute atomic E-state index is 13.1. The predicted octanol–water partition coefficient (Wildman–Crippen LogP) is 4.17. The molecule has 158 valence electrons. The monoisotopic (exact) mass is 440 g/mol. The van der Waals surface area contributed by atoms with Gasteiger partial charge in [0.2, 0.25) is 0 Å². The highest BCUT2D eigenvalue weighted by Crippen LogP contribution is 2.27. The summed E-state index contributed by atoms with van der Waals surface area (Å²) in [4.78, 5) is 18.0. The number of para-hydroxylation sites is 1. The molecule has 0 aliphatic rings. The lowest BCUT2D eigenvalue weighted by molar-refractivity contribution is 0.0951. The Labute approximate surface area is 189 Å². The minimum atomic E-state index is -0.151. The van der Waals surface area contributed by atoms with Gasteiger partial charge < -0.3 is 5.32 Å². The van der Waals surface area contributed by atoms with E-state index in [0.29, 0.717) is 24.3 Å². The fourth-order valence-electron chi connectivity index (χ4n) is 3.39. The molecule has 8 heteroatoms. The van der Waals surface area contributed by atoms with Gasteiger partial charge >= 0.3 is 0 Å². The first-order chi connectivity index (χ1) is 15.8. The van der Waals surface area contributed by atoms with Gasteiger partial charge in [-0.15, -0.1) is 11.3 Å². The number of aromatic nitrogens is 5. The third-order valence-corrected chi connectivity index (χ3v) is 5.90. The predicted molar refractivity (Wildman–Crippen MR) is 124 cm³/mol. The summed E-state index contributed by atoms with van der Waals surface area (Å²) in [5.41, 5.74) is 4.29. The van der Waals surface area contributed by atoms with Crippen molar-refractivity contribution in [3.05, 3.63) is 108 Å². The molecule has 0 aliphatic heterocycles. The highest BCUT2D eigenvalue weighted by molar-refractivity contribution is 7.13. The first-order valence-corrected chi connectivity index (χ1v) is 11.0. The molecule has 5 aromatic rings. The van der Waals surface area contributed by atoms with Crippen LogP contribution < -0.4 is 5.32 Å². The SMILES string of the molecule is O=C(NCc1ccc(Cn2cncn2)cc1)c1cn(-c2ccccc2)nc1-c1cccs1. The minimum absolute atomic E-state index is 0.151. The standard InChI is InChI=1S/C24H20N6OS/c31-24(26-13-18-8-10-19(11-9-18)14-29-17-25-16-27-29)21-15-30(20-5-2-1-3-6-20)28-23(21)22-7-4-12-32-22/h1-12,15-17H,13-14H2,(H,26,31). The third kappa shape index (κ3) is 4.35. The molecule has 3 heterocycles. The molecule has 0 fully saturated rings. The van der Waals surface area contributed by atoms with Crippen LogP contribution in [0.25, 0.3) is 16.3 Å². The number of nitrogens with one attached hydrogen (secondary N) is 1. The van der Waals surface area contributed by atoms with Gasteiger partial charge in [0.1, 0.15) is 18.3 Å². The summed E-state index contributed by atoms with van der Waals surface area (Å²) in [5, 5.41) is 13.8. The van der Waals surface area contributed by atoms with Crippen molar-refractivity contribution in [2.45, 2.75) is 13.1 Å². The zero-order valence-electron chi connectivity index (χ0n) is 17.1. The quantitative estimate of drug-likeness (QED) is 0.412. The Kier molecular flexibility index (Phi) is 5.59. The number of thiophene rings is 1. The van der Waals surface area contributed by atoms with E-state index in [1.165, 1.54) is 6.33 Å². The molecule has 0 unspecified atom stereocenters. The van der Waals surface area contributed by atoms with Crippen LogP contribution in [0.4, 0.5) is 0 Å². The number of benzene rings is 2. The van der Waals surface area contributed by atoms with Crippen LogP contribution in [0.15, 0.2) is 91.0 Å². The Morgan fingerprint density at radius 3 is 2.50 bits per heavy atom. The van der Waals surface area contributed by atoms with E-state index in [4.69, 9.17) is 5.10 Å². The normalized spacial score (nSPS) is 10.9. The van der Waals surface area contributed by atoms with Crippen LogP contribution in [-0.4, -0.2) is 30.5 Å². The molecule has 1 amide bonds. The highest BCUT2D eigenvalue weighted by Gasteiger charge is 2.19. The number of hydrogen-bond donors (Lipinski definition) is 1. The summed E-state index contributed by atoms with van der Waals surface area (Å²) in [5.74, 6) is -0.151. The van der Waals surface area contributed by atoms with Crippen LogP contribution in [-0.2, 0) is 13.1 Å². The Hall–Kier alpha value is -4.04. The third-order valence-electron chi connectivity index (χ3n) is 5.02. The van der Waals surface area contributed by atoms with Crippen molar-refractivity contribution in [2.75, 3.05) is 0 Å². The van der Waals surface area contributed by atoms with E-state index in [1.807, 2.05) is 72.1 Å². The number of hydrogen-bond acceptors (Lipinski definition) is 5. The molecule has 0 aliphatic carbocycles. The van der Waals surface area contributed by atoms with Gasteiger partial charge in [-0.1, -0.05) is 48.5 Å². The lowest BCUT2D eigenvalue weighted by atomic mass is 10.1. The molecule has 0 saturated carbocycles. The van der Waals surface area contributed by atoms with E-state index in [-0.39, 0.29) is 5.91 Å². The highest BCUT2D eigenvalue weighted by atomic mass is 32.1. The number of nitrogens with zero attached hydrogens (tertiary/aromatic N) is 5.